The van der Waals surface area contributed by atoms with E-state index in [9.17, 15) is 13.2 Å². The molecule has 0 aliphatic carbocycles. The first-order chi connectivity index (χ1) is 6.37. The predicted molar refractivity (Wildman–Crippen MR) is 53.9 cm³/mol. The third-order valence-corrected chi connectivity index (χ3v) is 2.03. The maximum absolute atomic E-state index is 11.0. The Labute approximate surface area is 87.2 Å². The summed E-state index contributed by atoms with van der Waals surface area (Å²) in [5.41, 5.74) is 5.05. The summed E-state index contributed by atoms with van der Waals surface area (Å²) in [5, 5.41) is 0. The second-order valence-electron chi connectivity index (χ2n) is 2.11. The lowest BCUT2D eigenvalue weighted by Crippen LogP contribution is -2.43. The molecule has 14 heavy (non-hydrogen) atoms. The van der Waals surface area contributed by atoms with E-state index in [2.05, 4.69) is 17.0 Å². The van der Waals surface area contributed by atoms with Crippen molar-refractivity contribution in [3.05, 3.63) is 0 Å². The van der Waals surface area contributed by atoms with Crippen LogP contribution in [0.1, 0.15) is 6.92 Å². The average Bonchev–Trinajstić information content (AvgIpc) is 2.00. The molecule has 0 heterocycles. The third-order valence-electron chi connectivity index (χ3n) is 0.930. The highest BCUT2D eigenvalue weighted by molar-refractivity contribution is 7.88. The van der Waals surface area contributed by atoms with E-state index in [0.717, 1.165) is 0 Å². The molecule has 4 N–H and O–H groups in total. The highest BCUT2D eigenvalue weighted by Crippen LogP contribution is 1.81. The molecule has 0 aromatic heterocycles. The summed E-state index contributed by atoms with van der Waals surface area (Å²) in [5.74, 6) is 0. The lowest BCUT2D eigenvalue weighted by molar-refractivity contribution is 0.158. The molecular weight excluding hydrogens is 230 g/mol. The van der Waals surface area contributed by atoms with Gasteiger partial charge in [0.2, 0.25) is 0 Å². The van der Waals surface area contributed by atoms with Gasteiger partial charge >= 0.3 is 16.3 Å². The number of nitrogens with two attached hydrogens (primary N) is 1. The largest absolute Gasteiger partial charge is 0.449 e. The van der Waals surface area contributed by atoms with Crippen LogP contribution in [0.3, 0.4) is 0 Å². The minimum absolute atomic E-state index is 0.0285. The van der Waals surface area contributed by atoms with Crippen LogP contribution in [0.15, 0.2) is 0 Å². The highest BCUT2D eigenvalue weighted by atomic mass is 32.2. The van der Waals surface area contributed by atoms with Crippen LogP contribution in [-0.4, -0.2) is 32.7 Å². The number of ether oxygens (including phenoxy) is 1. The SMILES string of the molecule is CCOC(=O)NS(=O)(=O)NCC(N)=S. The van der Waals surface area contributed by atoms with E-state index in [1.54, 1.807) is 11.6 Å². The first kappa shape index (κ1) is 13.1. The van der Waals surface area contributed by atoms with Crippen LogP contribution < -0.4 is 15.2 Å². The zero-order valence-corrected chi connectivity index (χ0v) is 9.07. The van der Waals surface area contributed by atoms with E-state index in [1.807, 2.05) is 4.72 Å². The number of hydrogen-bond donors (Lipinski definition) is 3. The number of thiocarbonyl (C=S) groups is 1. The molecule has 82 valence electrons. The van der Waals surface area contributed by atoms with Crippen LogP contribution >= 0.6 is 12.2 Å². The smallest absolute Gasteiger partial charge is 0.421 e. The number of rotatable bonds is 5. The summed E-state index contributed by atoms with van der Waals surface area (Å²) in [6, 6.07) is 0. The van der Waals surface area contributed by atoms with Crippen molar-refractivity contribution in [3.63, 3.8) is 0 Å². The molecule has 0 atom stereocenters. The van der Waals surface area contributed by atoms with Gasteiger partial charge < -0.3 is 10.5 Å². The van der Waals surface area contributed by atoms with Gasteiger partial charge in [0.25, 0.3) is 0 Å². The monoisotopic (exact) mass is 241 g/mol. The number of carbonyl (C=O) groups excluding carboxylic acids is 1. The fourth-order valence-corrected chi connectivity index (χ4v) is 1.33. The molecule has 0 aliphatic rings. The van der Waals surface area contributed by atoms with Gasteiger partial charge in [0.1, 0.15) is 0 Å². The van der Waals surface area contributed by atoms with Crippen LogP contribution in [0.5, 0.6) is 0 Å². The van der Waals surface area contributed by atoms with Crippen molar-refractivity contribution in [2.75, 3.05) is 13.2 Å². The number of amides is 1. The van der Waals surface area contributed by atoms with Crippen LogP contribution in [0.2, 0.25) is 0 Å². The van der Waals surface area contributed by atoms with Gasteiger partial charge in [-0.15, -0.1) is 0 Å². The first-order valence-corrected chi connectivity index (χ1v) is 5.49. The molecule has 0 fully saturated rings. The Morgan fingerprint density at radius 3 is 2.57 bits per heavy atom. The Balaban J connectivity index is 4.08. The van der Waals surface area contributed by atoms with Gasteiger partial charge in [0, 0.05) is 0 Å². The van der Waals surface area contributed by atoms with Crippen molar-refractivity contribution in [1.29, 1.82) is 0 Å². The maximum Gasteiger partial charge on any atom is 0.421 e. The molecule has 0 spiro atoms. The van der Waals surface area contributed by atoms with E-state index in [4.69, 9.17) is 5.73 Å². The molecule has 0 aliphatic heterocycles. The van der Waals surface area contributed by atoms with Gasteiger partial charge in [-0.2, -0.15) is 13.1 Å². The first-order valence-electron chi connectivity index (χ1n) is 3.60. The minimum Gasteiger partial charge on any atom is -0.449 e. The van der Waals surface area contributed by atoms with Crippen LogP contribution in [-0.2, 0) is 14.9 Å². The Bertz CT molecular complexity index is 313. The van der Waals surface area contributed by atoms with Crippen LogP contribution in [0.25, 0.3) is 0 Å². The lowest BCUT2D eigenvalue weighted by atomic mass is 10.7. The third kappa shape index (κ3) is 6.57. The quantitative estimate of drug-likeness (QED) is 0.524. The van der Waals surface area contributed by atoms with E-state index in [1.165, 1.54) is 0 Å². The van der Waals surface area contributed by atoms with E-state index in [0.29, 0.717) is 0 Å². The molecule has 0 aromatic carbocycles. The van der Waals surface area contributed by atoms with Gasteiger partial charge in [0.05, 0.1) is 18.1 Å². The van der Waals surface area contributed by atoms with Crippen molar-refractivity contribution < 1.29 is 17.9 Å². The molecule has 7 nitrogen and oxygen atoms in total. The topological polar surface area (TPSA) is 111 Å². The Kier molecular flexibility index (Phi) is 5.35. The van der Waals surface area contributed by atoms with Crippen molar-refractivity contribution in [2.24, 2.45) is 5.73 Å². The van der Waals surface area contributed by atoms with Gasteiger partial charge in [-0.05, 0) is 6.92 Å². The number of nitrogens with one attached hydrogen (secondary N) is 2. The molecule has 0 aromatic rings. The predicted octanol–water partition coefficient (Wildman–Crippen LogP) is -1.15. The fraction of sp³-hybridized carbons (Fsp3) is 0.600. The zero-order valence-electron chi connectivity index (χ0n) is 7.44. The van der Waals surface area contributed by atoms with Crippen molar-refractivity contribution in [3.8, 4) is 0 Å². The van der Waals surface area contributed by atoms with Crippen molar-refractivity contribution in [2.45, 2.75) is 6.92 Å². The van der Waals surface area contributed by atoms with Gasteiger partial charge in [-0.3, -0.25) is 0 Å². The molecule has 0 unspecified atom stereocenters. The Morgan fingerprint density at radius 1 is 1.57 bits per heavy atom. The van der Waals surface area contributed by atoms with Crippen LogP contribution in [0.4, 0.5) is 4.79 Å². The fourth-order valence-electron chi connectivity index (χ4n) is 0.472. The summed E-state index contributed by atoms with van der Waals surface area (Å²) in [6.07, 6.45) is -1.05. The summed E-state index contributed by atoms with van der Waals surface area (Å²) in [4.78, 5) is 10.7. The maximum atomic E-state index is 11.0. The molecule has 0 rings (SSSR count). The molecule has 0 bridgehead atoms. The normalized spacial score (nSPS) is 10.6. The van der Waals surface area contributed by atoms with E-state index < -0.39 is 16.3 Å². The minimum atomic E-state index is -3.94. The summed E-state index contributed by atoms with van der Waals surface area (Å²) >= 11 is 4.44. The van der Waals surface area contributed by atoms with E-state index >= 15 is 0 Å². The summed E-state index contributed by atoms with van der Waals surface area (Å²) in [7, 11) is -3.94. The number of hydrogen-bond acceptors (Lipinski definition) is 5. The summed E-state index contributed by atoms with van der Waals surface area (Å²) < 4.78 is 29.9. The molecule has 9 heteroatoms. The number of carbonyl (C=O) groups is 1. The average molecular weight is 241 g/mol. The molecule has 0 saturated carbocycles. The Morgan fingerprint density at radius 2 is 2.14 bits per heavy atom. The van der Waals surface area contributed by atoms with E-state index in [-0.39, 0.29) is 18.1 Å². The molecule has 0 saturated heterocycles. The lowest BCUT2D eigenvalue weighted by Gasteiger charge is -2.06. The summed E-state index contributed by atoms with van der Waals surface area (Å²) in [6.45, 7) is 1.41. The molecule has 0 radical (unpaired) electrons. The van der Waals surface area contributed by atoms with Crippen molar-refractivity contribution in [1.82, 2.24) is 9.44 Å². The second-order valence-corrected chi connectivity index (χ2v) is 4.14. The standard InChI is InChI=1S/C5H11N3O4S2/c1-2-12-5(9)8-14(10,11)7-3-4(6)13/h7H,2-3H2,1H3,(H2,6,13)(H,8,9). The van der Waals surface area contributed by atoms with Gasteiger partial charge in [-0.25, -0.2) is 9.52 Å². The molecule has 1 amide bonds. The van der Waals surface area contributed by atoms with Crippen LogP contribution in [0, 0.1) is 0 Å². The molecular formula is C5H11N3O4S2. The Hall–Kier alpha value is -0.930. The van der Waals surface area contributed by atoms with Gasteiger partial charge in [0.15, 0.2) is 0 Å². The van der Waals surface area contributed by atoms with Gasteiger partial charge in [-0.1, -0.05) is 12.2 Å². The second kappa shape index (κ2) is 5.73. The van der Waals surface area contributed by atoms with Crippen molar-refractivity contribution >= 4 is 33.5 Å². The highest BCUT2D eigenvalue weighted by Gasteiger charge is 2.14. The zero-order chi connectivity index (χ0) is 11.2.